The second kappa shape index (κ2) is 3.75. The molecule has 0 spiro atoms. The summed E-state index contributed by atoms with van der Waals surface area (Å²) in [6.07, 6.45) is -0.553. The maximum Gasteiger partial charge on any atom is 0.496 e. The van der Waals surface area contributed by atoms with Gasteiger partial charge in [0, 0.05) is 11.6 Å². The average molecular weight is 243 g/mol. The van der Waals surface area contributed by atoms with E-state index < -0.39 is 42.3 Å². The summed E-state index contributed by atoms with van der Waals surface area (Å²) in [5.74, 6) is -2.86. The number of rotatable bonds is 1. The summed E-state index contributed by atoms with van der Waals surface area (Å²) in [6, 6.07) is -0.754. The van der Waals surface area contributed by atoms with Crippen LogP contribution in [0.4, 0.5) is 8.78 Å². The van der Waals surface area contributed by atoms with Crippen LogP contribution in [0.5, 0.6) is 0 Å². The number of hydrogen-bond acceptors (Lipinski definition) is 3. The normalized spacial score (nSPS) is 23.5. The Morgan fingerprint density at radius 1 is 1.24 bits per heavy atom. The minimum atomic E-state index is -1.46. The van der Waals surface area contributed by atoms with E-state index in [2.05, 4.69) is 4.98 Å². The number of halogens is 2. The molecule has 0 atom stereocenters. The molecule has 1 fully saturated rings. The average Bonchev–Trinajstić information content (AvgIpc) is 2.44. The number of aromatic nitrogens is 1. The molecule has 0 aromatic carbocycles. The van der Waals surface area contributed by atoms with Crippen LogP contribution in [-0.4, -0.2) is 23.3 Å². The first-order valence-corrected chi connectivity index (χ1v) is 5.24. The lowest BCUT2D eigenvalue weighted by Crippen LogP contribution is -2.41. The second-order valence-corrected chi connectivity index (χ2v) is 4.96. The summed E-state index contributed by atoms with van der Waals surface area (Å²) in [6.45, 7) is 7.14. The molecule has 0 saturated carbocycles. The highest BCUT2D eigenvalue weighted by Crippen LogP contribution is 2.36. The van der Waals surface area contributed by atoms with Crippen molar-refractivity contribution in [3.63, 3.8) is 0 Å². The Bertz CT molecular complexity index is 524. The lowest BCUT2D eigenvalue weighted by Gasteiger charge is -2.32. The molecule has 2 heterocycles. The molecule has 1 aliphatic rings. The third-order valence-electron chi connectivity index (χ3n) is 3.19. The van der Waals surface area contributed by atoms with Gasteiger partial charge in [0.15, 0.2) is 5.82 Å². The zero-order valence-electron chi connectivity index (χ0n) is 12.1. The SMILES string of the molecule is [2H]c1nc(F)c(F)c([2H])c1B1OC(C)(C)C(C)(C)O1. The van der Waals surface area contributed by atoms with Gasteiger partial charge in [-0.15, -0.1) is 0 Å². The van der Waals surface area contributed by atoms with Crippen LogP contribution in [-0.2, 0) is 9.31 Å². The highest BCUT2D eigenvalue weighted by Gasteiger charge is 2.51. The second-order valence-electron chi connectivity index (χ2n) is 4.96. The highest BCUT2D eigenvalue weighted by atomic mass is 19.2. The molecule has 1 aliphatic heterocycles. The van der Waals surface area contributed by atoms with Gasteiger partial charge < -0.3 is 9.31 Å². The van der Waals surface area contributed by atoms with Crippen LogP contribution in [0.15, 0.2) is 12.2 Å². The van der Waals surface area contributed by atoms with Crippen molar-refractivity contribution in [2.45, 2.75) is 38.9 Å². The highest BCUT2D eigenvalue weighted by molar-refractivity contribution is 6.62. The van der Waals surface area contributed by atoms with Crippen LogP contribution in [0.3, 0.4) is 0 Å². The van der Waals surface area contributed by atoms with Crippen molar-refractivity contribution in [2.75, 3.05) is 0 Å². The van der Waals surface area contributed by atoms with Crippen molar-refractivity contribution in [3.05, 3.63) is 24.0 Å². The van der Waals surface area contributed by atoms with Gasteiger partial charge in [0.05, 0.1) is 13.9 Å². The maximum atomic E-state index is 13.4. The van der Waals surface area contributed by atoms with E-state index in [9.17, 15) is 8.78 Å². The molecule has 92 valence electrons. The molecule has 2 rings (SSSR count). The molecule has 0 radical (unpaired) electrons. The van der Waals surface area contributed by atoms with Gasteiger partial charge in [-0.2, -0.15) is 4.39 Å². The zero-order valence-corrected chi connectivity index (χ0v) is 10.1. The van der Waals surface area contributed by atoms with E-state index in [-0.39, 0.29) is 5.46 Å². The van der Waals surface area contributed by atoms with Crippen molar-refractivity contribution in [1.29, 1.82) is 0 Å². The van der Waals surface area contributed by atoms with Gasteiger partial charge in [-0.05, 0) is 33.7 Å². The van der Waals surface area contributed by atoms with Gasteiger partial charge in [0.2, 0.25) is 5.95 Å². The molecule has 0 aliphatic carbocycles. The first-order chi connectivity index (χ1) is 8.57. The van der Waals surface area contributed by atoms with E-state index >= 15 is 0 Å². The van der Waals surface area contributed by atoms with Gasteiger partial charge >= 0.3 is 7.12 Å². The minimum Gasteiger partial charge on any atom is -0.399 e. The minimum absolute atomic E-state index is 0.197. The fraction of sp³-hybridized carbons (Fsp3) is 0.545. The quantitative estimate of drug-likeness (QED) is 0.555. The van der Waals surface area contributed by atoms with E-state index in [1.165, 1.54) is 0 Å². The molecular formula is C11H14BF2NO2. The van der Waals surface area contributed by atoms with E-state index in [0.29, 0.717) is 0 Å². The lowest BCUT2D eigenvalue weighted by atomic mass is 9.80. The van der Waals surface area contributed by atoms with E-state index in [0.717, 1.165) is 0 Å². The summed E-state index contributed by atoms with van der Waals surface area (Å²) in [7, 11) is -1.10. The van der Waals surface area contributed by atoms with Crippen molar-refractivity contribution in [1.82, 2.24) is 4.98 Å². The third kappa shape index (κ3) is 2.07. The Labute approximate surface area is 102 Å². The smallest absolute Gasteiger partial charge is 0.399 e. The van der Waals surface area contributed by atoms with Crippen LogP contribution in [0.25, 0.3) is 0 Å². The molecule has 0 N–H and O–H groups in total. The molecular weight excluding hydrogens is 227 g/mol. The van der Waals surface area contributed by atoms with E-state index in [1.807, 2.05) is 0 Å². The number of hydrogen-bond donors (Lipinski definition) is 0. The third-order valence-corrected chi connectivity index (χ3v) is 3.19. The van der Waals surface area contributed by atoms with Gasteiger partial charge in [-0.1, -0.05) is 0 Å². The number of nitrogens with zero attached hydrogens (tertiary/aromatic N) is 1. The van der Waals surface area contributed by atoms with Crippen molar-refractivity contribution < 1.29 is 20.8 Å². The van der Waals surface area contributed by atoms with E-state index in [1.54, 1.807) is 27.7 Å². The topological polar surface area (TPSA) is 31.4 Å². The Morgan fingerprint density at radius 3 is 2.29 bits per heavy atom. The summed E-state index contributed by atoms with van der Waals surface area (Å²) in [4.78, 5) is 3.12. The van der Waals surface area contributed by atoms with Gasteiger partial charge in [0.25, 0.3) is 0 Å². The summed E-state index contributed by atoms with van der Waals surface area (Å²) in [5, 5.41) is 0. The van der Waals surface area contributed by atoms with Crippen LogP contribution in [0.1, 0.15) is 30.4 Å². The number of pyridine rings is 1. The summed E-state index contributed by atoms with van der Waals surface area (Å²) >= 11 is 0. The van der Waals surface area contributed by atoms with Gasteiger partial charge in [-0.25, -0.2) is 9.37 Å². The van der Waals surface area contributed by atoms with Crippen LogP contribution in [0, 0.1) is 11.8 Å². The van der Waals surface area contributed by atoms with Crippen molar-refractivity contribution in [3.8, 4) is 0 Å². The molecule has 3 nitrogen and oxygen atoms in total. The Hall–Kier alpha value is -1.01. The standard InChI is InChI=1S/C11H14BF2NO2/c1-10(2)11(3,4)17-12(16-10)7-5-8(13)9(14)15-6-7/h5-6H,1-4H3/i5D,6D. The molecule has 1 aromatic heterocycles. The van der Waals surface area contributed by atoms with Crippen molar-refractivity contribution >= 4 is 12.6 Å². The zero-order chi connectivity index (χ0) is 14.6. The molecule has 0 bridgehead atoms. The largest absolute Gasteiger partial charge is 0.496 e. The van der Waals surface area contributed by atoms with Crippen molar-refractivity contribution in [2.24, 2.45) is 0 Å². The molecule has 1 saturated heterocycles. The first-order valence-electron chi connectivity index (χ1n) is 6.24. The Kier molecular flexibility index (Phi) is 2.20. The first kappa shape index (κ1) is 9.97. The molecule has 17 heavy (non-hydrogen) atoms. The van der Waals surface area contributed by atoms with Gasteiger partial charge in [-0.3, -0.25) is 0 Å². The fourth-order valence-electron chi connectivity index (χ4n) is 1.43. The lowest BCUT2D eigenvalue weighted by molar-refractivity contribution is 0.00578. The Balaban J connectivity index is 2.49. The Morgan fingerprint density at radius 2 is 1.76 bits per heavy atom. The maximum absolute atomic E-state index is 13.4. The monoisotopic (exact) mass is 243 g/mol. The molecule has 1 aromatic rings. The predicted octanol–water partition coefficient (Wildman–Crippen LogP) is 1.66. The fourth-order valence-corrected chi connectivity index (χ4v) is 1.43. The predicted molar refractivity (Wildman–Crippen MR) is 59.9 cm³/mol. The van der Waals surface area contributed by atoms with E-state index in [4.69, 9.17) is 12.1 Å². The summed E-state index contributed by atoms with van der Waals surface area (Å²) < 4.78 is 52.8. The summed E-state index contributed by atoms with van der Waals surface area (Å²) in [5.41, 5.74) is -1.58. The molecule has 6 heteroatoms. The molecule has 0 amide bonds. The van der Waals surface area contributed by atoms with Crippen LogP contribution < -0.4 is 5.46 Å². The van der Waals surface area contributed by atoms with Crippen LogP contribution in [0.2, 0.25) is 0 Å². The van der Waals surface area contributed by atoms with Gasteiger partial charge in [0.1, 0.15) is 0 Å². The molecule has 0 unspecified atom stereocenters. The van der Waals surface area contributed by atoms with Crippen LogP contribution >= 0.6 is 0 Å².